The van der Waals surface area contributed by atoms with Crippen LogP contribution in [0.15, 0.2) is 29.6 Å². The lowest BCUT2D eigenvalue weighted by molar-refractivity contribution is -0.147. The van der Waals surface area contributed by atoms with Gasteiger partial charge in [0.2, 0.25) is 11.8 Å². The number of thiazole rings is 1. The molecule has 0 aliphatic carbocycles. The second-order valence-corrected chi connectivity index (χ2v) is 17.6. The molecule has 1 fully saturated rings. The molecule has 0 unspecified atom stereocenters. The molecule has 2 heterocycles. The predicted molar refractivity (Wildman–Crippen MR) is 230 cm³/mol. The fourth-order valence-corrected chi connectivity index (χ4v) is 8.39. The number of hydrogen-bond acceptors (Lipinski definition) is 9. The molecule has 1 aliphatic rings. The Balaban J connectivity index is 1.89. The molecule has 57 heavy (non-hydrogen) atoms. The zero-order valence-corrected chi connectivity index (χ0v) is 36.9. The summed E-state index contributed by atoms with van der Waals surface area (Å²) in [5.74, 6) is -1.47. The Morgan fingerprint density at radius 1 is 1.04 bits per heavy atom. The van der Waals surface area contributed by atoms with Gasteiger partial charge in [-0.25, -0.2) is 4.98 Å². The summed E-state index contributed by atoms with van der Waals surface area (Å²) in [6, 6.07) is 6.24. The van der Waals surface area contributed by atoms with Gasteiger partial charge in [0.25, 0.3) is 5.91 Å². The number of ether oxygens (including phenoxy) is 1. The number of amides is 3. The lowest BCUT2D eigenvalue weighted by atomic mass is 9.84. The van der Waals surface area contributed by atoms with Gasteiger partial charge in [-0.2, -0.15) is 0 Å². The van der Waals surface area contributed by atoms with Crippen molar-refractivity contribution in [3.8, 4) is 0 Å². The summed E-state index contributed by atoms with van der Waals surface area (Å²) in [5.41, 5.74) is 1.12. The van der Waals surface area contributed by atoms with Crippen molar-refractivity contribution in [1.82, 2.24) is 25.8 Å². The van der Waals surface area contributed by atoms with Crippen LogP contribution in [0.3, 0.4) is 0 Å². The molecule has 0 bridgehead atoms. The number of aliphatic carboxylic acids is 1. The molecule has 0 spiro atoms. The smallest absolute Gasteiger partial charge is 0.309 e. The van der Waals surface area contributed by atoms with Gasteiger partial charge in [0.05, 0.1) is 11.5 Å². The van der Waals surface area contributed by atoms with E-state index in [9.17, 15) is 24.3 Å². The molecule has 1 aromatic carbocycles. The first-order valence-electron chi connectivity index (χ1n) is 21.4. The summed E-state index contributed by atoms with van der Waals surface area (Å²) in [7, 11) is 1.85. The number of carbonyl (C=O) groups excluding carboxylic acids is 3. The summed E-state index contributed by atoms with van der Waals surface area (Å²) < 4.78 is 6.35. The topological polar surface area (TPSA) is 162 Å². The van der Waals surface area contributed by atoms with Gasteiger partial charge < -0.3 is 36.0 Å². The van der Waals surface area contributed by atoms with Crippen molar-refractivity contribution in [1.29, 1.82) is 0 Å². The number of carbonyl (C=O) groups is 4. The minimum atomic E-state index is -1.06. The highest BCUT2D eigenvalue weighted by Gasteiger charge is 2.38. The molecule has 1 aliphatic heterocycles. The van der Waals surface area contributed by atoms with Gasteiger partial charge in [-0.15, -0.1) is 11.3 Å². The number of carboxylic acids is 1. The molecule has 3 rings (SSSR count). The van der Waals surface area contributed by atoms with Crippen molar-refractivity contribution < 1.29 is 29.0 Å². The Hall–Kier alpha value is -3.55. The zero-order valence-electron chi connectivity index (χ0n) is 36.1. The third kappa shape index (κ3) is 14.7. The van der Waals surface area contributed by atoms with Crippen LogP contribution >= 0.6 is 11.3 Å². The predicted octanol–water partition coefficient (Wildman–Crippen LogP) is 7.60. The van der Waals surface area contributed by atoms with Crippen LogP contribution in [-0.4, -0.2) is 89.6 Å². The van der Waals surface area contributed by atoms with Crippen LogP contribution < -0.4 is 21.3 Å². The van der Waals surface area contributed by atoms with Crippen LogP contribution in [0.2, 0.25) is 0 Å². The number of carboxylic acid groups (broad SMARTS) is 1. The van der Waals surface area contributed by atoms with Gasteiger partial charge in [-0.1, -0.05) is 78.9 Å². The monoisotopic (exact) mass is 813 g/mol. The Kier molecular flexibility index (Phi) is 19.9. The largest absolute Gasteiger partial charge is 0.481 e. The van der Waals surface area contributed by atoms with Crippen molar-refractivity contribution in [2.45, 2.75) is 156 Å². The minimum Gasteiger partial charge on any atom is -0.481 e. The van der Waals surface area contributed by atoms with Gasteiger partial charge in [-0.05, 0) is 89.0 Å². The van der Waals surface area contributed by atoms with Gasteiger partial charge in [0.15, 0.2) is 0 Å². The number of benzene rings is 1. The highest BCUT2D eigenvalue weighted by atomic mass is 32.1. The summed E-state index contributed by atoms with van der Waals surface area (Å²) in [5, 5.41) is 25.0. The van der Waals surface area contributed by atoms with Gasteiger partial charge in [0.1, 0.15) is 22.8 Å². The van der Waals surface area contributed by atoms with E-state index in [1.807, 2.05) is 50.1 Å². The number of piperidine rings is 1. The van der Waals surface area contributed by atoms with Crippen molar-refractivity contribution in [3.05, 3.63) is 45.9 Å². The number of unbranched alkanes of at least 4 members (excludes halogenated alkanes) is 3. The molecule has 3 amide bonds. The molecule has 1 saturated heterocycles. The Labute approximate surface area is 346 Å². The van der Waals surface area contributed by atoms with Crippen LogP contribution in [0.1, 0.15) is 147 Å². The number of rotatable bonds is 25. The van der Waals surface area contributed by atoms with E-state index in [2.05, 4.69) is 49.0 Å². The highest BCUT2D eigenvalue weighted by Crippen LogP contribution is 2.32. The van der Waals surface area contributed by atoms with E-state index >= 15 is 0 Å². The lowest BCUT2D eigenvalue weighted by Crippen LogP contribution is -2.58. The van der Waals surface area contributed by atoms with Gasteiger partial charge in [-0.3, -0.25) is 19.2 Å². The summed E-state index contributed by atoms with van der Waals surface area (Å²) in [6.07, 6.45) is 8.24. The molecule has 320 valence electrons. The molecule has 13 heteroatoms. The van der Waals surface area contributed by atoms with Crippen molar-refractivity contribution in [3.63, 3.8) is 0 Å². The fourth-order valence-electron chi connectivity index (χ4n) is 7.53. The summed E-state index contributed by atoms with van der Waals surface area (Å²) >= 11 is 1.35. The second kappa shape index (κ2) is 23.8. The molecule has 1 aromatic heterocycles. The molecule has 2 aromatic rings. The van der Waals surface area contributed by atoms with Crippen molar-refractivity contribution in [2.75, 3.05) is 32.1 Å². The normalized spacial score (nSPS) is 17.3. The third-order valence-electron chi connectivity index (χ3n) is 11.4. The minimum absolute atomic E-state index is 0.0590. The van der Waals surface area contributed by atoms with Crippen molar-refractivity contribution in [2.24, 2.45) is 17.3 Å². The van der Waals surface area contributed by atoms with Crippen LogP contribution in [0.5, 0.6) is 0 Å². The van der Waals surface area contributed by atoms with E-state index in [0.29, 0.717) is 31.0 Å². The van der Waals surface area contributed by atoms with Crippen LogP contribution in [0.25, 0.3) is 0 Å². The van der Waals surface area contributed by atoms with E-state index in [1.54, 1.807) is 19.2 Å². The third-order valence-corrected chi connectivity index (χ3v) is 12.3. The average molecular weight is 813 g/mol. The van der Waals surface area contributed by atoms with Crippen LogP contribution in [0, 0.1) is 17.3 Å². The highest BCUT2D eigenvalue weighted by molar-refractivity contribution is 7.09. The maximum absolute atomic E-state index is 14.8. The fraction of sp³-hybridized carbons (Fsp3) is 0.705. The number of aromatic nitrogens is 1. The molecule has 5 N–H and O–H groups in total. The SMILES string of the molecule is CCCCCCN(C(=O)[C@@H](NC(=O)[C@H]1CCCCN1)[C@@H](C)CC)[C@H](C[C@@H](OCC)c1nc(C(=O)N[C@@H](Cc2ccc(NC)cc2)CC(C)(C)C(=O)O)cs1)C(C)C. The van der Waals surface area contributed by atoms with E-state index < -0.39 is 29.6 Å². The zero-order chi connectivity index (χ0) is 42.1. The maximum atomic E-state index is 14.8. The molecule has 6 atom stereocenters. The number of nitrogens with one attached hydrogen (secondary N) is 4. The Morgan fingerprint density at radius 2 is 1.75 bits per heavy atom. The Bertz CT molecular complexity index is 1540. The Morgan fingerprint density at radius 3 is 2.33 bits per heavy atom. The van der Waals surface area contributed by atoms with Gasteiger partial charge in [0, 0.05) is 49.8 Å². The van der Waals surface area contributed by atoms with Crippen LogP contribution in [-0.2, 0) is 25.5 Å². The van der Waals surface area contributed by atoms with E-state index in [1.165, 1.54) is 11.3 Å². The number of nitrogens with zero attached hydrogens (tertiary/aromatic N) is 2. The molecular weight excluding hydrogens is 741 g/mol. The summed E-state index contributed by atoms with van der Waals surface area (Å²) in [6.45, 7) is 17.6. The standard InChI is InChI=1S/C44H72N6O6S/c1-10-13-14-17-24-50(42(53)38(30(6)11-2)49-39(51)34-18-15-16-23-46-34)36(29(4)5)26-37(56-12-3)41-48-35(28-57-41)40(52)47-33(27-44(7,8)43(54)55)25-31-19-21-32(45-9)22-20-31/h19-22,28-30,33-34,36-38,45-46H,10-18,23-27H2,1-9H3,(H,47,52)(H,49,51)(H,54,55)/t30-,33-,34+,36+,37+,38-/m0/s1. The molecule has 12 nitrogen and oxygen atoms in total. The van der Waals surface area contributed by atoms with Crippen molar-refractivity contribution >= 4 is 40.7 Å². The van der Waals surface area contributed by atoms with Crippen LogP contribution in [0.4, 0.5) is 5.69 Å². The number of hydrogen-bond donors (Lipinski definition) is 5. The van der Waals surface area contributed by atoms with E-state index in [4.69, 9.17) is 9.72 Å². The first-order valence-corrected chi connectivity index (χ1v) is 22.3. The molecular formula is C44H72N6O6S. The van der Waals surface area contributed by atoms with E-state index in [0.717, 1.165) is 69.2 Å². The molecule has 0 radical (unpaired) electrons. The molecule has 0 saturated carbocycles. The first kappa shape index (κ1) is 47.8. The second-order valence-electron chi connectivity index (χ2n) is 16.7. The van der Waals surface area contributed by atoms with Gasteiger partial charge >= 0.3 is 5.97 Å². The maximum Gasteiger partial charge on any atom is 0.309 e. The number of anilines is 1. The quantitative estimate of drug-likeness (QED) is 0.0636. The van der Waals surface area contributed by atoms with E-state index in [-0.39, 0.29) is 53.8 Å². The first-order chi connectivity index (χ1) is 27.1. The lowest BCUT2D eigenvalue weighted by Gasteiger charge is -2.40. The summed E-state index contributed by atoms with van der Waals surface area (Å²) in [4.78, 5) is 61.0. The average Bonchev–Trinajstić information content (AvgIpc) is 3.69.